The van der Waals surface area contributed by atoms with Crippen molar-refractivity contribution >= 4 is 34.8 Å². The number of rotatable bonds is 4. The van der Waals surface area contributed by atoms with Crippen LogP contribution in [0.5, 0.6) is 0 Å². The largest absolute Gasteiger partial charge is 0.346 e. The second kappa shape index (κ2) is 7.96. The van der Waals surface area contributed by atoms with Crippen LogP contribution >= 0.6 is 23.7 Å². The van der Waals surface area contributed by atoms with Gasteiger partial charge in [0.1, 0.15) is 0 Å². The van der Waals surface area contributed by atoms with Crippen LogP contribution in [-0.4, -0.2) is 47.5 Å². The van der Waals surface area contributed by atoms with Crippen LogP contribution in [0.15, 0.2) is 11.6 Å². The summed E-state index contributed by atoms with van der Waals surface area (Å²) in [6, 6.07) is 0. The minimum Gasteiger partial charge on any atom is -0.346 e. The Hall–Kier alpha value is -0.850. The molecule has 1 saturated heterocycles. The molecule has 1 unspecified atom stereocenters. The van der Waals surface area contributed by atoms with Crippen molar-refractivity contribution in [1.82, 2.24) is 9.88 Å². The first-order valence-electron chi connectivity index (χ1n) is 7.27. The Labute approximate surface area is 136 Å². The number of halogens is 1. The fraction of sp³-hybridized carbons (Fsp3) is 0.714. The van der Waals surface area contributed by atoms with Crippen molar-refractivity contribution in [2.24, 2.45) is 5.73 Å². The van der Waals surface area contributed by atoms with E-state index in [0.717, 1.165) is 50.6 Å². The predicted molar refractivity (Wildman–Crippen MR) is 90.3 cm³/mol. The summed E-state index contributed by atoms with van der Waals surface area (Å²) in [6.07, 6.45) is 4.45. The molecule has 2 N–H and O–H groups in total. The molecule has 5 nitrogen and oxygen atoms in total. The summed E-state index contributed by atoms with van der Waals surface area (Å²) in [4.78, 5) is 21.0. The molecule has 0 bridgehead atoms. The lowest BCUT2D eigenvalue weighted by atomic mass is 9.95. The van der Waals surface area contributed by atoms with Crippen molar-refractivity contribution in [3.8, 4) is 0 Å². The Morgan fingerprint density at radius 3 is 2.81 bits per heavy atom. The summed E-state index contributed by atoms with van der Waals surface area (Å²) < 4.78 is 0. The van der Waals surface area contributed by atoms with Gasteiger partial charge in [-0.1, -0.05) is 13.3 Å². The van der Waals surface area contributed by atoms with Gasteiger partial charge in [-0.05, 0) is 19.8 Å². The number of amides is 1. The van der Waals surface area contributed by atoms with E-state index in [1.165, 1.54) is 0 Å². The Morgan fingerprint density at radius 2 is 2.19 bits per heavy atom. The first kappa shape index (κ1) is 18.2. The zero-order valence-electron chi connectivity index (χ0n) is 12.7. The van der Waals surface area contributed by atoms with Gasteiger partial charge in [0, 0.05) is 37.8 Å². The summed E-state index contributed by atoms with van der Waals surface area (Å²) in [5.41, 5.74) is 5.44. The van der Waals surface area contributed by atoms with Gasteiger partial charge in [-0.2, -0.15) is 0 Å². The smallest absolute Gasteiger partial charge is 0.242 e. The summed E-state index contributed by atoms with van der Waals surface area (Å²) >= 11 is 1.65. The number of hydrogen-bond acceptors (Lipinski definition) is 5. The molecule has 7 heteroatoms. The van der Waals surface area contributed by atoms with Crippen molar-refractivity contribution in [3.05, 3.63) is 11.6 Å². The van der Waals surface area contributed by atoms with E-state index in [0.29, 0.717) is 0 Å². The fourth-order valence-corrected chi connectivity index (χ4v) is 3.37. The second-order valence-corrected chi connectivity index (χ2v) is 6.49. The molecule has 0 aliphatic carbocycles. The highest BCUT2D eigenvalue weighted by atomic mass is 35.5. The first-order valence-corrected chi connectivity index (χ1v) is 8.15. The molecule has 1 aliphatic heterocycles. The van der Waals surface area contributed by atoms with Gasteiger partial charge in [-0.25, -0.2) is 4.98 Å². The number of nitrogens with two attached hydrogens (primary N) is 1. The topological polar surface area (TPSA) is 62.5 Å². The number of anilines is 1. The lowest BCUT2D eigenvalue weighted by molar-refractivity contribution is -0.136. The maximum absolute atomic E-state index is 12.5. The van der Waals surface area contributed by atoms with Crippen LogP contribution in [0.1, 0.15) is 33.1 Å². The molecule has 0 spiro atoms. The maximum atomic E-state index is 12.5. The molecule has 1 atom stereocenters. The van der Waals surface area contributed by atoms with Gasteiger partial charge in [-0.15, -0.1) is 23.7 Å². The third kappa shape index (κ3) is 4.56. The molecule has 1 aliphatic rings. The zero-order valence-corrected chi connectivity index (χ0v) is 14.4. The van der Waals surface area contributed by atoms with Crippen molar-refractivity contribution in [2.75, 3.05) is 31.1 Å². The van der Waals surface area contributed by atoms with Gasteiger partial charge >= 0.3 is 0 Å². The van der Waals surface area contributed by atoms with Crippen LogP contribution in [0.4, 0.5) is 5.13 Å². The lowest BCUT2D eigenvalue weighted by Crippen LogP contribution is -2.54. The van der Waals surface area contributed by atoms with Crippen LogP contribution in [0.2, 0.25) is 0 Å². The highest BCUT2D eigenvalue weighted by Crippen LogP contribution is 2.20. The number of thiazole rings is 1. The number of carbonyl (C=O) groups excluding carboxylic acids is 1. The van der Waals surface area contributed by atoms with Crippen molar-refractivity contribution in [3.63, 3.8) is 0 Å². The van der Waals surface area contributed by atoms with Gasteiger partial charge in [0.25, 0.3) is 0 Å². The minimum absolute atomic E-state index is 0. The van der Waals surface area contributed by atoms with Crippen molar-refractivity contribution in [1.29, 1.82) is 0 Å². The number of hydrogen-bond donors (Lipinski definition) is 1. The highest BCUT2D eigenvalue weighted by Gasteiger charge is 2.32. The van der Waals surface area contributed by atoms with E-state index in [4.69, 9.17) is 5.73 Å². The number of aromatic nitrogens is 1. The van der Waals surface area contributed by atoms with Crippen molar-refractivity contribution < 1.29 is 4.79 Å². The van der Waals surface area contributed by atoms with Gasteiger partial charge in [0.2, 0.25) is 5.91 Å². The Bertz CT molecular complexity index is 438. The molecule has 21 heavy (non-hydrogen) atoms. The first-order chi connectivity index (χ1) is 9.54. The normalized spacial score (nSPS) is 18.6. The predicted octanol–water partition coefficient (Wildman–Crippen LogP) is 2.12. The van der Waals surface area contributed by atoms with Crippen LogP contribution in [0, 0.1) is 0 Å². The fourth-order valence-electron chi connectivity index (χ4n) is 2.67. The zero-order chi connectivity index (χ0) is 14.6. The third-order valence-corrected chi connectivity index (χ3v) is 4.56. The van der Waals surface area contributed by atoms with E-state index in [1.54, 1.807) is 11.3 Å². The van der Waals surface area contributed by atoms with Gasteiger partial charge in [0.15, 0.2) is 5.13 Å². The summed E-state index contributed by atoms with van der Waals surface area (Å²) in [6.45, 7) is 7.22. The minimum atomic E-state index is -0.731. The highest BCUT2D eigenvalue weighted by molar-refractivity contribution is 7.13. The third-order valence-electron chi connectivity index (χ3n) is 3.73. The molecule has 2 heterocycles. The molecule has 2 rings (SSSR count). The molecule has 0 saturated carbocycles. The van der Waals surface area contributed by atoms with Crippen LogP contribution in [-0.2, 0) is 4.79 Å². The average molecular weight is 333 g/mol. The van der Waals surface area contributed by atoms with Crippen LogP contribution in [0.3, 0.4) is 0 Å². The summed E-state index contributed by atoms with van der Waals surface area (Å²) in [5.74, 6) is 0.0836. The standard InChI is InChI=1S/C14H24N4OS.ClH/c1-3-5-14(2,15)12(19)17-7-4-8-18(10-9-17)13-16-6-11-20-13;/h6,11H,3-5,7-10,15H2,1-2H3;1H. The Balaban J connectivity index is 0.00000220. The molecule has 0 radical (unpaired) electrons. The van der Waals surface area contributed by atoms with Gasteiger partial charge in [-0.3, -0.25) is 4.79 Å². The molecule has 1 fully saturated rings. The van der Waals surface area contributed by atoms with Gasteiger partial charge in [0.05, 0.1) is 5.54 Å². The molecule has 1 aromatic rings. The molecular formula is C14H25ClN4OS. The van der Waals surface area contributed by atoms with E-state index in [-0.39, 0.29) is 18.3 Å². The maximum Gasteiger partial charge on any atom is 0.242 e. The molecule has 120 valence electrons. The Morgan fingerprint density at radius 1 is 1.43 bits per heavy atom. The van der Waals surface area contributed by atoms with E-state index in [2.05, 4.69) is 16.8 Å². The van der Waals surface area contributed by atoms with Gasteiger partial charge < -0.3 is 15.5 Å². The monoisotopic (exact) mass is 332 g/mol. The molecule has 1 amide bonds. The van der Waals surface area contributed by atoms with Crippen LogP contribution in [0.25, 0.3) is 0 Å². The summed E-state index contributed by atoms with van der Waals surface area (Å²) in [5, 5.41) is 3.03. The lowest BCUT2D eigenvalue weighted by Gasteiger charge is -2.31. The second-order valence-electron chi connectivity index (χ2n) is 5.61. The van der Waals surface area contributed by atoms with Crippen LogP contribution < -0.4 is 10.6 Å². The van der Waals surface area contributed by atoms with E-state index in [1.807, 2.05) is 23.4 Å². The number of nitrogens with zero attached hydrogens (tertiary/aromatic N) is 3. The molecule has 0 aromatic carbocycles. The van der Waals surface area contributed by atoms with E-state index < -0.39 is 5.54 Å². The summed E-state index contributed by atoms with van der Waals surface area (Å²) in [7, 11) is 0. The molecule has 1 aromatic heterocycles. The quantitative estimate of drug-likeness (QED) is 0.917. The number of carbonyl (C=O) groups is 1. The van der Waals surface area contributed by atoms with Crippen molar-refractivity contribution in [2.45, 2.75) is 38.6 Å². The Kier molecular flexibility index (Phi) is 6.90. The van der Waals surface area contributed by atoms with E-state index >= 15 is 0 Å². The van der Waals surface area contributed by atoms with E-state index in [9.17, 15) is 4.79 Å². The SMILES string of the molecule is CCCC(C)(N)C(=O)N1CCCN(c2nccs2)CC1.Cl. The average Bonchev–Trinajstić information content (AvgIpc) is 2.83. The molecular weight excluding hydrogens is 308 g/mol.